The number of alkyl halides is 1. The molecule has 4 nitrogen and oxygen atoms in total. The normalized spacial score (nSPS) is 9.25. The van der Waals surface area contributed by atoms with E-state index in [2.05, 4.69) is 0 Å². The van der Waals surface area contributed by atoms with Crippen molar-refractivity contribution in [2.75, 3.05) is 0 Å². The van der Waals surface area contributed by atoms with Crippen LogP contribution in [0.25, 0.3) is 0 Å². The highest BCUT2D eigenvalue weighted by Crippen LogP contribution is 1.88. The third-order valence-corrected chi connectivity index (χ3v) is 0.434. The molecule has 5 heteroatoms. The van der Waals surface area contributed by atoms with Crippen molar-refractivity contribution in [2.45, 2.75) is 6.17 Å². The first-order valence-electron chi connectivity index (χ1n) is 1.65. The van der Waals surface area contributed by atoms with Gasteiger partial charge in [-0.3, -0.25) is 0 Å². The Kier molecular flexibility index (Phi) is 1.93. The van der Waals surface area contributed by atoms with Crippen molar-refractivity contribution in [3.8, 4) is 0 Å². The molecule has 0 fully saturated rings. The highest BCUT2D eigenvalue weighted by Gasteiger charge is 2.23. The van der Waals surface area contributed by atoms with E-state index in [1.54, 1.807) is 0 Å². The quantitative estimate of drug-likeness (QED) is 0.484. The number of aliphatic carboxylic acids is 2. The number of hydrogen-bond acceptors (Lipinski definition) is 2. The standard InChI is InChI=1S/C3H3FO4/c4-1(2(5)6)3(7)8/h1H,(H,5,6)(H,7,8). The zero-order valence-corrected chi connectivity index (χ0v) is 3.67. The molecule has 0 rings (SSSR count). The van der Waals surface area contributed by atoms with E-state index in [9.17, 15) is 14.0 Å². The van der Waals surface area contributed by atoms with E-state index in [1.165, 1.54) is 0 Å². The van der Waals surface area contributed by atoms with E-state index in [-0.39, 0.29) is 0 Å². The second-order valence-corrected chi connectivity index (χ2v) is 1.04. The summed E-state index contributed by atoms with van der Waals surface area (Å²) in [6, 6.07) is 0. The zero-order valence-electron chi connectivity index (χ0n) is 3.67. The van der Waals surface area contributed by atoms with Gasteiger partial charge in [-0.1, -0.05) is 0 Å². The summed E-state index contributed by atoms with van der Waals surface area (Å²) in [5, 5.41) is 15.2. The number of carboxylic acids is 2. The number of carboxylic acid groups (broad SMARTS) is 2. The summed E-state index contributed by atoms with van der Waals surface area (Å²) in [5.74, 6) is -3.95. The summed E-state index contributed by atoms with van der Waals surface area (Å²) in [7, 11) is 0. The van der Waals surface area contributed by atoms with Crippen molar-refractivity contribution in [2.24, 2.45) is 0 Å². The Hall–Kier alpha value is -1.13. The predicted octanol–water partition coefficient (Wildman–Crippen LogP) is -0.506. The third kappa shape index (κ3) is 1.55. The Bertz CT molecular complexity index is 106. The molecule has 0 heterocycles. The number of halogens is 1. The van der Waals surface area contributed by atoms with Crippen LogP contribution in [0.5, 0.6) is 0 Å². The predicted molar refractivity (Wildman–Crippen MR) is 20.2 cm³/mol. The third-order valence-electron chi connectivity index (χ3n) is 0.434. The van der Waals surface area contributed by atoms with Crippen LogP contribution in [0.2, 0.25) is 0 Å². The molecule has 0 aromatic heterocycles. The van der Waals surface area contributed by atoms with Gasteiger partial charge in [-0.2, -0.15) is 0 Å². The van der Waals surface area contributed by atoms with Crippen molar-refractivity contribution in [1.82, 2.24) is 0 Å². The summed E-state index contributed by atoms with van der Waals surface area (Å²) >= 11 is 0. The molecule has 46 valence electrons. The first-order valence-corrected chi connectivity index (χ1v) is 1.65. The Morgan fingerprint density at radius 2 is 1.50 bits per heavy atom. The minimum absolute atomic E-state index is 1.97. The molecule has 0 saturated carbocycles. The van der Waals surface area contributed by atoms with Crippen LogP contribution in [0, 0.1) is 0 Å². The van der Waals surface area contributed by atoms with Gasteiger partial charge in [0.2, 0.25) is 0 Å². The molecular formula is C3H3FO4. The summed E-state index contributed by atoms with van der Waals surface area (Å²) in [5.41, 5.74) is 0. The molecule has 0 aromatic carbocycles. The molecule has 8 heavy (non-hydrogen) atoms. The first kappa shape index (κ1) is 6.87. The monoisotopic (exact) mass is 122 g/mol. The molecule has 0 aliphatic heterocycles. The van der Waals surface area contributed by atoms with Crippen molar-refractivity contribution < 1.29 is 24.2 Å². The van der Waals surface area contributed by atoms with Gasteiger partial charge in [-0.15, -0.1) is 0 Å². The molecule has 0 bridgehead atoms. The number of hydrogen-bond donors (Lipinski definition) is 2. The van der Waals surface area contributed by atoms with Crippen molar-refractivity contribution in [3.05, 3.63) is 0 Å². The van der Waals surface area contributed by atoms with Gasteiger partial charge in [0.25, 0.3) is 6.17 Å². The summed E-state index contributed by atoms with van der Waals surface area (Å²) < 4.78 is 11.4. The van der Waals surface area contributed by atoms with Crippen LogP contribution in [0.15, 0.2) is 0 Å². The van der Waals surface area contributed by atoms with Gasteiger partial charge in [0.05, 0.1) is 0 Å². The maximum atomic E-state index is 11.4. The van der Waals surface area contributed by atoms with Crippen LogP contribution >= 0.6 is 0 Å². The average Bonchev–Trinajstić information content (AvgIpc) is 1.64. The minimum Gasteiger partial charge on any atom is -0.479 e. The lowest BCUT2D eigenvalue weighted by Crippen LogP contribution is -2.24. The van der Waals surface area contributed by atoms with E-state index in [1.807, 2.05) is 0 Å². The maximum absolute atomic E-state index is 11.4. The Morgan fingerprint density at radius 1 is 1.25 bits per heavy atom. The Labute approximate surface area is 43.5 Å². The van der Waals surface area contributed by atoms with Gasteiger partial charge >= 0.3 is 11.9 Å². The second-order valence-electron chi connectivity index (χ2n) is 1.04. The smallest absolute Gasteiger partial charge is 0.350 e. The molecule has 0 atom stereocenters. The van der Waals surface area contributed by atoms with E-state index in [0.717, 1.165) is 0 Å². The molecule has 0 spiro atoms. The molecule has 0 aliphatic carbocycles. The Morgan fingerprint density at radius 3 is 1.50 bits per heavy atom. The van der Waals surface area contributed by atoms with Crippen LogP contribution in [0.1, 0.15) is 0 Å². The molecule has 0 aliphatic rings. The van der Waals surface area contributed by atoms with Crippen LogP contribution in [0.4, 0.5) is 4.39 Å². The molecule has 2 N–H and O–H groups in total. The Balaban J connectivity index is 3.83. The fourth-order valence-electron chi connectivity index (χ4n) is 0.106. The highest BCUT2D eigenvalue weighted by atomic mass is 19.1. The lowest BCUT2D eigenvalue weighted by atomic mass is 10.4. The molecule has 0 radical (unpaired) electrons. The van der Waals surface area contributed by atoms with Crippen molar-refractivity contribution in [1.29, 1.82) is 0 Å². The van der Waals surface area contributed by atoms with E-state index >= 15 is 0 Å². The van der Waals surface area contributed by atoms with Crippen LogP contribution in [0.3, 0.4) is 0 Å². The van der Waals surface area contributed by atoms with E-state index in [0.29, 0.717) is 0 Å². The van der Waals surface area contributed by atoms with E-state index < -0.39 is 18.1 Å². The lowest BCUT2D eigenvalue weighted by molar-refractivity contribution is -0.155. The average molecular weight is 122 g/mol. The summed E-state index contributed by atoms with van der Waals surface area (Å²) in [6.07, 6.45) is -2.80. The van der Waals surface area contributed by atoms with Gasteiger partial charge in [0.15, 0.2) is 0 Å². The van der Waals surface area contributed by atoms with Crippen LogP contribution < -0.4 is 0 Å². The highest BCUT2D eigenvalue weighted by molar-refractivity contribution is 5.95. The van der Waals surface area contributed by atoms with Crippen LogP contribution in [-0.2, 0) is 9.59 Å². The first-order chi connectivity index (χ1) is 3.55. The summed E-state index contributed by atoms with van der Waals surface area (Å²) in [4.78, 5) is 18.8. The largest absolute Gasteiger partial charge is 0.479 e. The molecular weight excluding hydrogens is 119 g/mol. The fourth-order valence-corrected chi connectivity index (χ4v) is 0.106. The van der Waals surface area contributed by atoms with Gasteiger partial charge in [-0.25, -0.2) is 14.0 Å². The molecule has 0 amide bonds. The molecule has 0 saturated heterocycles. The fraction of sp³-hybridized carbons (Fsp3) is 0.333. The number of rotatable bonds is 2. The van der Waals surface area contributed by atoms with Crippen LogP contribution in [-0.4, -0.2) is 28.3 Å². The van der Waals surface area contributed by atoms with E-state index in [4.69, 9.17) is 10.2 Å². The molecule has 0 unspecified atom stereocenters. The molecule has 0 aromatic rings. The lowest BCUT2D eigenvalue weighted by Gasteiger charge is -1.90. The second kappa shape index (κ2) is 2.25. The summed E-state index contributed by atoms with van der Waals surface area (Å²) in [6.45, 7) is 0. The van der Waals surface area contributed by atoms with Gasteiger partial charge in [-0.05, 0) is 0 Å². The topological polar surface area (TPSA) is 74.6 Å². The van der Waals surface area contributed by atoms with Crippen molar-refractivity contribution >= 4 is 11.9 Å². The maximum Gasteiger partial charge on any atom is 0.350 e. The SMILES string of the molecule is O=C(O)C(F)C(=O)O. The zero-order chi connectivity index (χ0) is 6.73. The van der Waals surface area contributed by atoms with Crippen molar-refractivity contribution in [3.63, 3.8) is 0 Å². The van der Waals surface area contributed by atoms with Gasteiger partial charge in [0, 0.05) is 0 Å². The number of carbonyl (C=O) groups is 2. The van der Waals surface area contributed by atoms with Gasteiger partial charge < -0.3 is 10.2 Å². The minimum atomic E-state index is -2.80. The van der Waals surface area contributed by atoms with Gasteiger partial charge in [0.1, 0.15) is 0 Å².